The minimum atomic E-state index is -0.345. The number of methoxy groups -OCH3 is 1. The van der Waals surface area contributed by atoms with Crippen LogP contribution in [0.25, 0.3) is 6.08 Å². The number of rotatable bonds is 2. The zero-order chi connectivity index (χ0) is 9.68. The van der Waals surface area contributed by atoms with Gasteiger partial charge in [-0.2, -0.15) is 0 Å². The number of hydrogen-bond donors (Lipinski definition) is 0. The number of esters is 1. The van der Waals surface area contributed by atoms with Crippen LogP contribution in [0.4, 0.5) is 0 Å². The molecule has 0 aromatic heterocycles. The van der Waals surface area contributed by atoms with Gasteiger partial charge in [-0.25, -0.2) is 4.79 Å². The molecule has 0 atom stereocenters. The summed E-state index contributed by atoms with van der Waals surface area (Å²) in [6.07, 6.45) is 3.10. The second-order valence-electron chi connectivity index (χ2n) is 2.41. The second-order valence-corrected chi connectivity index (χ2v) is 3.32. The molecule has 0 amide bonds. The van der Waals surface area contributed by atoms with E-state index in [-0.39, 0.29) is 5.97 Å². The normalized spacial score (nSPS) is 10.3. The Labute approximate surface area is 85.3 Å². The van der Waals surface area contributed by atoms with Crippen LogP contribution in [0.15, 0.2) is 34.8 Å². The molecule has 0 fully saturated rings. The molecule has 3 heteroatoms. The van der Waals surface area contributed by atoms with Gasteiger partial charge in [0, 0.05) is 10.5 Å². The lowest BCUT2D eigenvalue weighted by Gasteiger charge is -1.93. The summed E-state index contributed by atoms with van der Waals surface area (Å²) in [6.45, 7) is 0. The Morgan fingerprint density at radius 3 is 2.54 bits per heavy atom. The zero-order valence-electron chi connectivity index (χ0n) is 7.16. The molecule has 0 spiro atoms. The predicted molar refractivity (Wildman–Crippen MR) is 55.2 cm³/mol. The van der Waals surface area contributed by atoms with E-state index in [1.54, 1.807) is 6.08 Å². The quantitative estimate of drug-likeness (QED) is 0.587. The van der Waals surface area contributed by atoms with Crippen molar-refractivity contribution in [3.63, 3.8) is 0 Å². The molecule has 0 saturated heterocycles. The summed E-state index contributed by atoms with van der Waals surface area (Å²) < 4.78 is 5.48. The summed E-state index contributed by atoms with van der Waals surface area (Å²) >= 11 is 3.32. The van der Waals surface area contributed by atoms with Crippen LogP contribution in [0.3, 0.4) is 0 Å². The maximum absolute atomic E-state index is 10.7. The molecule has 1 aromatic carbocycles. The maximum Gasteiger partial charge on any atom is 0.330 e. The molecular weight excluding hydrogens is 232 g/mol. The minimum absolute atomic E-state index is 0.345. The standard InChI is InChI=1S/C10H9BrO2/c1-13-10(12)7-4-8-2-5-9(11)6-3-8/h2-7H,1H3. The molecule has 1 aromatic rings. The van der Waals surface area contributed by atoms with E-state index in [0.29, 0.717) is 0 Å². The summed E-state index contributed by atoms with van der Waals surface area (Å²) in [5, 5.41) is 0. The number of carbonyl (C=O) groups is 1. The molecule has 0 saturated carbocycles. The van der Waals surface area contributed by atoms with Crippen LogP contribution in [0.5, 0.6) is 0 Å². The van der Waals surface area contributed by atoms with Crippen LogP contribution in [0.1, 0.15) is 5.56 Å². The Bertz CT molecular complexity index is 314. The first-order chi connectivity index (χ1) is 6.22. The smallest absolute Gasteiger partial charge is 0.330 e. The van der Waals surface area contributed by atoms with E-state index in [9.17, 15) is 4.79 Å². The average molecular weight is 241 g/mol. The van der Waals surface area contributed by atoms with E-state index in [2.05, 4.69) is 20.7 Å². The summed E-state index contributed by atoms with van der Waals surface area (Å²) in [5.74, 6) is -0.345. The van der Waals surface area contributed by atoms with Crippen LogP contribution < -0.4 is 0 Å². The SMILES string of the molecule is COC(=O)C=Cc1ccc(Br)cc1. The van der Waals surface area contributed by atoms with E-state index < -0.39 is 0 Å². The second kappa shape index (κ2) is 4.82. The third kappa shape index (κ3) is 3.42. The Hall–Kier alpha value is -1.09. The van der Waals surface area contributed by atoms with E-state index in [0.717, 1.165) is 10.0 Å². The summed E-state index contributed by atoms with van der Waals surface area (Å²) in [5.41, 5.74) is 0.966. The van der Waals surface area contributed by atoms with Crippen molar-refractivity contribution in [1.29, 1.82) is 0 Å². The van der Waals surface area contributed by atoms with Gasteiger partial charge in [-0.1, -0.05) is 28.1 Å². The van der Waals surface area contributed by atoms with Gasteiger partial charge in [-0.05, 0) is 23.8 Å². The first-order valence-electron chi connectivity index (χ1n) is 3.74. The van der Waals surface area contributed by atoms with E-state index in [4.69, 9.17) is 0 Å². The van der Waals surface area contributed by atoms with Crippen LogP contribution in [-0.4, -0.2) is 13.1 Å². The lowest BCUT2D eigenvalue weighted by atomic mass is 10.2. The molecular formula is C10H9BrO2. The van der Waals surface area contributed by atoms with Crippen LogP contribution in [-0.2, 0) is 9.53 Å². The molecule has 0 N–H and O–H groups in total. The van der Waals surface area contributed by atoms with Crippen molar-refractivity contribution in [3.05, 3.63) is 40.4 Å². The van der Waals surface area contributed by atoms with Crippen LogP contribution in [0, 0.1) is 0 Å². The Kier molecular flexibility index (Phi) is 3.71. The van der Waals surface area contributed by atoms with Gasteiger partial charge >= 0.3 is 5.97 Å². The predicted octanol–water partition coefficient (Wildman–Crippen LogP) is 2.64. The molecule has 0 heterocycles. The maximum atomic E-state index is 10.7. The van der Waals surface area contributed by atoms with Crippen LogP contribution >= 0.6 is 15.9 Å². The Morgan fingerprint density at radius 2 is 2.00 bits per heavy atom. The van der Waals surface area contributed by atoms with Crippen molar-refractivity contribution < 1.29 is 9.53 Å². The largest absolute Gasteiger partial charge is 0.466 e. The molecule has 13 heavy (non-hydrogen) atoms. The summed E-state index contributed by atoms with van der Waals surface area (Å²) in [6, 6.07) is 7.64. The lowest BCUT2D eigenvalue weighted by molar-refractivity contribution is -0.134. The number of ether oxygens (including phenoxy) is 1. The van der Waals surface area contributed by atoms with E-state index in [1.165, 1.54) is 13.2 Å². The molecule has 0 aliphatic carbocycles. The van der Waals surface area contributed by atoms with Crippen molar-refractivity contribution in [1.82, 2.24) is 0 Å². The first kappa shape index (κ1) is 9.99. The van der Waals surface area contributed by atoms with Gasteiger partial charge in [0.15, 0.2) is 0 Å². The fourth-order valence-electron chi connectivity index (χ4n) is 0.806. The molecule has 68 valence electrons. The third-order valence-corrected chi connectivity index (χ3v) is 2.01. The first-order valence-corrected chi connectivity index (χ1v) is 4.53. The monoisotopic (exact) mass is 240 g/mol. The number of benzene rings is 1. The third-order valence-electron chi connectivity index (χ3n) is 1.48. The number of halogens is 1. The van der Waals surface area contributed by atoms with Gasteiger partial charge < -0.3 is 4.74 Å². The minimum Gasteiger partial charge on any atom is -0.466 e. The summed E-state index contributed by atoms with van der Waals surface area (Å²) in [4.78, 5) is 10.7. The highest BCUT2D eigenvalue weighted by Crippen LogP contribution is 2.11. The van der Waals surface area contributed by atoms with Gasteiger partial charge in [0.05, 0.1) is 7.11 Å². The number of hydrogen-bond acceptors (Lipinski definition) is 2. The van der Waals surface area contributed by atoms with E-state index in [1.807, 2.05) is 24.3 Å². The van der Waals surface area contributed by atoms with Crippen molar-refractivity contribution in [2.24, 2.45) is 0 Å². The van der Waals surface area contributed by atoms with Crippen molar-refractivity contribution >= 4 is 28.0 Å². The average Bonchev–Trinajstić information content (AvgIpc) is 2.16. The molecule has 0 unspecified atom stereocenters. The number of carbonyl (C=O) groups excluding carboxylic acids is 1. The molecule has 0 bridgehead atoms. The highest BCUT2D eigenvalue weighted by molar-refractivity contribution is 9.10. The van der Waals surface area contributed by atoms with Crippen molar-refractivity contribution in [3.8, 4) is 0 Å². The molecule has 0 aliphatic heterocycles. The molecule has 0 radical (unpaired) electrons. The fourth-order valence-corrected chi connectivity index (χ4v) is 1.07. The highest BCUT2D eigenvalue weighted by atomic mass is 79.9. The fraction of sp³-hybridized carbons (Fsp3) is 0.100. The Morgan fingerprint density at radius 1 is 1.38 bits per heavy atom. The zero-order valence-corrected chi connectivity index (χ0v) is 8.74. The molecule has 0 aliphatic rings. The van der Waals surface area contributed by atoms with E-state index >= 15 is 0 Å². The van der Waals surface area contributed by atoms with Crippen LogP contribution in [0.2, 0.25) is 0 Å². The molecule has 2 nitrogen and oxygen atoms in total. The van der Waals surface area contributed by atoms with Gasteiger partial charge in [-0.3, -0.25) is 0 Å². The highest BCUT2D eigenvalue weighted by Gasteiger charge is 1.91. The van der Waals surface area contributed by atoms with Crippen molar-refractivity contribution in [2.75, 3.05) is 7.11 Å². The van der Waals surface area contributed by atoms with Crippen molar-refractivity contribution in [2.45, 2.75) is 0 Å². The summed E-state index contributed by atoms with van der Waals surface area (Å²) in [7, 11) is 1.36. The van der Waals surface area contributed by atoms with Gasteiger partial charge in [-0.15, -0.1) is 0 Å². The van der Waals surface area contributed by atoms with Gasteiger partial charge in [0.25, 0.3) is 0 Å². The van der Waals surface area contributed by atoms with Gasteiger partial charge in [0.1, 0.15) is 0 Å². The Balaban J connectivity index is 2.69. The molecule has 1 rings (SSSR count). The lowest BCUT2D eigenvalue weighted by Crippen LogP contribution is -1.93. The topological polar surface area (TPSA) is 26.3 Å². The van der Waals surface area contributed by atoms with Gasteiger partial charge in [0.2, 0.25) is 0 Å².